The minimum Gasteiger partial charge on any atom is -0.477 e. The molecule has 9 heteroatoms. The second-order valence-corrected chi connectivity index (χ2v) is 7.67. The lowest BCUT2D eigenvalue weighted by Crippen LogP contribution is -2.53. The van der Waals surface area contributed by atoms with Gasteiger partial charge in [0.05, 0.1) is 21.2 Å². The largest absolute Gasteiger partial charge is 0.477 e. The minimum atomic E-state index is -1.29. The van der Waals surface area contributed by atoms with E-state index in [-0.39, 0.29) is 27.9 Å². The Morgan fingerprint density at radius 1 is 1.29 bits per heavy atom. The number of halogens is 2. The number of benzene rings is 1. The Labute approximate surface area is 172 Å². The Balaban J connectivity index is 2.19. The van der Waals surface area contributed by atoms with Crippen LogP contribution in [0.2, 0.25) is 10.0 Å². The second kappa shape index (κ2) is 7.64. The van der Waals surface area contributed by atoms with Crippen LogP contribution in [0.5, 0.6) is 0 Å². The average Bonchev–Trinajstić information content (AvgIpc) is 2.62. The van der Waals surface area contributed by atoms with Crippen molar-refractivity contribution in [2.75, 3.05) is 24.5 Å². The van der Waals surface area contributed by atoms with Crippen molar-refractivity contribution < 1.29 is 14.7 Å². The molecular weight excluding hydrogens is 405 g/mol. The number of carbonyl (C=O) groups excluding carboxylic acids is 1. The number of aromatic carboxylic acids is 1. The highest BCUT2D eigenvalue weighted by atomic mass is 35.5. The molecule has 1 atom stereocenters. The maximum atomic E-state index is 12.6. The summed E-state index contributed by atoms with van der Waals surface area (Å²) in [6.45, 7) is 7.42. The molecule has 3 rings (SSSR count). The van der Waals surface area contributed by atoms with E-state index >= 15 is 0 Å². The van der Waals surface area contributed by atoms with Crippen LogP contribution < -0.4 is 10.3 Å². The van der Waals surface area contributed by atoms with Gasteiger partial charge in [0.25, 0.3) is 0 Å². The summed E-state index contributed by atoms with van der Waals surface area (Å²) in [5.41, 5.74) is 0.117. The van der Waals surface area contributed by atoms with Crippen LogP contribution >= 0.6 is 23.2 Å². The van der Waals surface area contributed by atoms with Crippen LogP contribution in [0.1, 0.15) is 31.1 Å². The molecule has 1 N–H and O–H groups in total. The fourth-order valence-corrected chi connectivity index (χ4v) is 4.60. The third-order valence-corrected chi connectivity index (χ3v) is 5.80. The van der Waals surface area contributed by atoms with Crippen LogP contribution in [0, 0.1) is 0 Å². The molecule has 2 heterocycles. The number of anilines is 1. The zero-order chi connectivity index (χ0) is 20.7. The summed E-state index contributed by atoms with van der Waals surface area (Å²) in [6, 6.07) is 1.47. The first-order valence-corrected chi connectivity index (χ1v) is 9.73. The number of fused-ring (bicyclic) bond motifs is 1. The Morgan fingerprint density at radius 2 is 1.96 bits per heavy atom. The molecule has 1 aromatic carbocycles. The molecule has 0 radical (unpaired) electrons. The van der Waals surface area contributed by atoms with Crippen molar-refractivity contribution >= 4 is 51.7 Å². The fourth-order valence-electron chi connectivity index (χ4n) is 3.80. The van der Waals surface area contributed by atoms with Crippen LogP contribution in [-0.4, -0.2) is 52.1 Å². The van der Waals surface area contributed by atoms with E-state index in [4.69, 9.17) is 23.2 Å². The van der Waals surface area contributed by atoms with Crippen molar-refractivity contribution in [1.29, 1.82) is 0 Å². The highest BCUT2D eigenvalue weighted by Crippen LogP contribution is 2.40. The number of hydrogen-bond donors (Lipinski definition) is 1. The van der Waals surface area contributed by atoms with Crippen molar-refractivity contribution in [3.8, 4) is 0 Å². The van der Waals surface area contributed by atoms with Gasteiger partial charge in [-0.05, 0) is 19.9 Å². The monoisotopic (exact) mass is 425 g/mol. The third kappa shape index (κ3) is 3.33. The van der Waals surface area contributed by atoms with E-state index in [2.05, 4.69) is 0 Å². The number of pyridine rings is 1. The number of aromatic nitrogens is 1. The van der Waals surface area contributed by atoms with Crippen molar-refractivity contribution in [3.05, 3.63) is 38.1 Å². The Kier molecular flexibility index (Phi) is 5.59. The molecule has 1 saturated heterocycles. The summed E-state index contributed by atoms with van der Waals surface area (Å²) in [7, 11) is 0. The lowest BCUT2D eigenvalue weighted by Gasteiger charge is -2.41. The summed E-state index contributed by atoms with van der Waals surface area (Å²) in [4.78, 5) is 39.6. The Bertz CT molecular complexity index is 1030. The van der Waals surface area contributed by atoms with Crippen molar-refractivity contribution in [2.45, 2.75) is 33.4 Å². The summed E-state index contributed by atoms with van der Waals surface area (Å²) in [5, 5.41) is 10.1. The van der Waals surface area contributed by atoms with E-state index in [1.807, 2.05) is 18.7 Å². The highest BCUT2D eigenvalue weighted by Gasteiger charge is 2.29. The molecule has 0 spiro atoms. The van der Waals surface area contributed by atoms with E-state index in [1.54, 1.807) is 16.4 Å². The number of nitrogens with zero attached hydrogens (tertiary/aromatic N) is 3. The molecule has 0 bridgehead atoms. The molecule has 1 aliphatic heterocycles. The Hall–Kier alpha value is -2.25. The molecule has 1 aliphatic rings. The fraction of sp³-hybridized carbons (Fsp3) is 0.421. The number of carboxylic acids is 1. The van der Waals surface area contributed by atoms with Gasteiger partial charge in [-0.1, -0.05) is 23.2 Å². The van der Waals surface area contributed by atoms with Gasteiger partial charge in [-0.3, -0.25) is 9.59 Å². The van der Waals surface area contributed by atoms with Crippen LogP contribution in [0.4, 0.5) is 5.69 Å². The van der Waals surface area contributed by atoms with Gasteiger partial charge in [-0.15, -0.1) is 0 Å². The number of amides is 1. The number of carbonyl (C=O) groups is 2. The molecule has 1 fully saturated rings. The summed E-state index contributed by atoms with van der Waals surface area (Å²) < 4.78 is 1.65. The molecular formula is C19H21Cl2N3O4. The second-order valence-electron chi connectivity index (χ2n) is 6.89. The quantitative estimate of drug-likeness (QED) is 0.816. The molecule has 0 saturated carbocycles. The number of aryl methyl sites for hydroxylation is 1. The smallest absolute Gasteiger partial charge is 0.341 e. The zero-order valence-electron chi connectivity index (χ0n) is 15.8. The SMILES string of the molecule is CCn1cc(C(=O)O)c(=O)c2cc(Cl)c(N3CCN(C(C)=O)C(C)C3)c(Cl)c21. The molecule has 1 amide bonds. The lowest BCUT2D eigenvalue weighted by atomic mass is 10.1. The van der Waals surface area contributed by atoms with Crippen LogP contribution in [0.3, 0.4) is 0 Å². The topological polar surface area (TPSA) is 82.8 Å². The molecule has 150 valence electrons. The maximum Gasteiger partial charge on any atom is 0.341 e. The lowest BCUT2D eigenvalue weighted by molar-refractivity contribution is -0.131. The minimum absolute atomic E-state index is 0.0168. The van der Waals surface area contributed by atoms with Gasteiger partial charge in [0.2, 0.25) is 11.3 Å². The van der Waals surface area contributed by atoms with E-state index in [9.17, 15) is 19.5 Å². The molecule has 2 aromatic rings. The first kappa shape index (κ1) is 20.5. The number of carboxylic acid groups (broad SMARTS) is 1. The molecule has 1 unspecified atom stereocenters. The van der Waals surface area contributed by atoms with E-state index < -0.39 is 11.4 Å². The molecule has 1 aromatic heterocycles. The van der Waals surface area contributed by atoms with Gasteiger partial charge in [0.1, 0.15) is 5.56 Å². The first-order chi connectivity index (χ1) is 13.2. The summed E-state index contributed by atoms with van der Waals surface area (Å²) in [5.74, 6) is -1.27. The average molecular weight is 426 g/mol. The van der Waals surface area contributed by atoms with Gasteiger partial charge >= 0.3 is 5.97 Å². The maximum absolute atomic E-state index is 12.6. The van der Waals surface area contributed by atoms with Gasteiger partial charge < -0.3 is 19.5 Å². The molecule has 0 aliphatic carbocycles. The molecule has 7 nitrogen and oxygen atoms in total. The predicted molar refractivity (Wildman–Crippen MR) is 110 cm³/mol. The van der Waals surface area contributed by atoms with E-state index in [0.29, 0.717) is 42.4 Å². The van der Waals surface area contributed by atoms with Crippen LogP contribution in [0.15, 0.2) is 17.1 Å². The van der Waals surface area contributed by atoms with Gasteiger partial charge in [0.15, 0.2) is 0 Å². The van der Waals surface area contributed by atoms with Crippen molar-refractivity contribution in [1.82, 2.24) is 9.47 Å². The van der Waals surface area contributed by atoms with Crippen molar-refractivity contribution in [2.24, 2.45) is 0 Å². The first-order valence-electron chi connectivity index (χ1n) is 8.97. The number of hydrogen-bond acceptors (Lipinski definition) is 4. The zero-order valence-corrected chi connectivity index (χ0v) is 17.3. The molecule has 28 heavy (non-hydrogen) atoms. The Morgan fingerprint density at radius 3 is 2.50 bits per heavy atom. The third-order valence-electron chi connectivity index (χ3n) is 5.15. The predicted octanol–water partition coefficient (Wildman–Crippen LogP) is 3.08. The standard InChI is InChI=1S/C19H21Cl2N3O4/c1-4-22-9-13(19(27)28)18(26)12-7-14(20)17(15(21)16(12)22)23-5-6-24(11(3)25)10(2)8-23/h7,9-10H,4-6,8H2,1-3H3,(H,27,28). The van der Waals surface area contributed by atoms with Gasteiger partial charge in [-0.2, -0.15) is 0 Å². The van der Waals surface area contributed by atoms with E-state index in [0.717, 1.165) is 0 Å². The normalized spacial score (nSPS) is 17.2. The van der Waals surface area contributed by atoms with E-state index in [1.165, 1.54) is 12.3 Å². The summed E-state index contributed by atoms with van der Waals surface area (Å²) >= 11 is 13.2. The van der Waals surface area contributed by atoms with Crippen LogP contribution in [-0.2, 0) is 11.3 Å². The van der Waals surface area contributed by atoms with Crippen molar-refractivity contribution in [3.63, 3.8) is 0 Å². The van der Waals surface area contributed by atoms with Gasteiger partial charge in [-0.25, -0.2) is 4.79 Å². The summed E-state index contributed by atoms with van der Waals surface area (Å²) in [6.07, 6.45) is 1.31. The number of piperazine rings is 1. The van der Waals surface area contributed by atoms with Gasteiger partial charge in [0, 0.05) is 50.7 Å². The van der Waals surface area contributed by atoms with Crippen LogP contribution in [0.25, 0.3) is 10.9 Å². The number of rotatable bonds is 3. The highest BCUT2D eigenvalue weighted by molar-refractivity contribution is 6.42.